The topological polar surface area (TPSA) is 88.1 Å². The van der Waals surface area contributed by atoms with Crippen molar-refractivity contribution in [1.82, 2.24) is 0 Å². The SMILES string of the molecule is COP1(=O)CC[C@H]2OC(OC(C)=O)[C@H](OC(C)=O)[C@@H]2C1. The van der Waals surface area contributed by atoms with E-state index in [-0.39, 0.29) is 18.2 Å². The number of esters is 2. The summed E-state index contributed by atoms with van der Waals surface area (Å²) in [6.07, 6.45) is -0.680. The zero-order valence-corrected chi connectivity index (χ0v) is 12.6. The van der Waals surface area contributed by atoms with Crippen molar-refractivity contribution in [2.24, 2.45) is 5.92 Å². The van der Waals surface area contributed by atoms with Gasteiger partial charge in [0.25, 0.3) is 0 Å². The Morgan fingerprint density at radius 2 is 1.85 bits per heavy atom. The minimum atomic E-state index is -2.72. The number of carbonyl (C=O) groups is 2. The van der Waals surface area contributed by atoms with Crippen LogP contribution in [0.3, 0.4) is 0 Å². The van der Waals surface area contributed by atoms with Crippen molar-refractivity contribution in [3.05, 3.63) is 0 Å². The Hall–Kier alpha value is -0.910. The molecular weight excluding hydrogens is 287 g/mol. The average Bonchev–Trinajstić information content (AvgIpc) is 2.66. The lowest BCUT2D eigenvalue weighted by molar-refractivity contribution is -0.194. The standard InChI is InChI=1S/C12H19O7P/c1-7(13)17-11-9-6-20(15,16-3)5-4-10(9)19-12(11)18-8(2)14/h9-12H,4-6H2,1-3H3/t9-,10-,11-,12?,20?/m1/s1. The van der Waals surface area contributed by atoms with Crippen molar-refractivity contribution in [1.29, 1.82) is 0 Å². The zero-order chi connectivity index (χ0) is 14.9. The summed E-state index contributed by atoms with van der Waals surface area (Å²) in [5.74, 6) is -1.28. The number of ether oxygens (including phenoxy) is 3. The lowest BCUT2D eigenvalue weighted by Crippen LogP contribution is -2.38. The molecule has 0 aromatic rings. The van der Waals surface area contributed by atoms with Crippen molar-refractivity contribution in [2.45, 2.75) is 38.8 Å². The van der Waals surface area contributed by atoms with E-state index in [1.165, 1.54) is 21.0 Å². The van der Waals surface area contributed by atoms with Crippen LogP contribution < -0.4 is 0 Å². The van der Waals surface area contributed by atoms with Crippen LogP contribution in [0, 0.1) is 5.92 Å². The second-order valence-electron chi connectivity index (χ2n) is 5.08. The summed E-state index contributed by atoms with van der Waals surface area (Å²) in [5, 5.41) is 0. The molecule has 0 amide bonds. The Balaban J connectivity index is 2.18. The van der Waals surface area contributed by atoms with E-state index >= 15 is 0 Å². The summed E-state index contributed by atoms with van der Waals surface area (Å²) < 4.78 is 33.4. The zero-order valence-electron chi connectivity index (χ0n) is 11.7. The molecule has 5 atom stereocenters. The van der Waals surface area contributed by atoms with Crippen molar-refractivity contribution in [2.75, 3.05) is 19.4 Å². The number of fused-ring (bicyclic) bond motifs is 1. The second-order valence-corrected chi connectivity index (χ2v) is 7.89. The van der Waals surface area contributed by atoms with Crippen LogP contribution in [0.15, 0.2) is 0 Å². The molecule has 0 aromatic heterocycles. The predicted octanol–water partition coefficient (Wildman–Crippen LogP) is 1.15. The van der Waals surface area contributed by atoms with E-state index in [1.807, 2.05) is 0 Å². The van der Waals surface area contributed by atoms with E-state index < -0.39 is 31.7 Å². The third kappa shape index (κ3) is 3.22. The van der Waals surface area contributed by atoms with E-state index in [1.54, 1.807) is 0 Å². The van der Waals surface area contributed by atoms with E-state index in [0.717, 1.165) is 0 Å². The quantitative estimate of drug-likeness (QED) is 0.571. The first-order valence-corrected chi connectivity index (χ1v) is 8.48. The van der Waals surface area contributed by atoms with Gasteiger partial charge in [0.15, 0.2) is 6.10 Å². The highest BCUT2D eigenvalue weighted by molar-refractivity contribution is 7.59. The Morgan fingerprint density at radius 3 is 2.40 bits per heavy atom. The minimum absolute atomic E-state index is 0.235. The largest absolute Gasteiger partial charge is 0.455 e. The van der Waals surface area contributed by atoms with Gasteiger partial charge in [0.05, 0.1) is 6.10 Å². The number of rotatable bonds is 3. The first-order chi connectivity index (χ1) is 9.34. The molecule has 0 N–H and O–H groups in total. The molecule has 2 aliphatic heterocycles. The minimum Gasteiger partial charge on any atom is -0.455 e. The molecule has 114 valence electrons. The van der Waals surface area contributed by atoms with Gasteiger partial charge in [0, 0.05) is 39.2 Å². The molecule has 2 rings (SSSR count). The van der Waals surface area contributed by atoms with Crippen molar-refractivity contribution < 1.29 is 32.9 Å². The number of hydrogen-bond donors (Lipinski definition) is 0. The monoisotopic (exact) mass is 306 g/mol. The third-order valence-electron chi connectivity index (χ3n) is 3.64. The molecule has 0 radical (unpaired) electrons. The lowest BCUT2D eigenvalue weighted by atomic mass is 9.98. The maximum Gasteiger partial charge on any atom is 0.305 e. The van der Waals surface area contributed by atoms with Crippen LogP contribution in [0.4, 0.5) is 0 Å². The van der Waals surface area contributed by atoms with Crippen LogP contribution >= 0.6 is 7.37 Å². The van der Waals surface area contributed by atoms with Gasteiger partial charge in [-0.05, 0) is 6.42 Å². The van der Waals surface area contributed by atoms with E-state index in [4.69, 9.17) is 18.7 Å². The normalized spacial score (nSPS) is 40.0. The van der Waals surface area contributed by atoms with Crippen LogP contribution in [0.2, 0.25) is 0 Å². The summed E-state index contributed by atoms with van der Waals surface area (Å²) in [6, 6.07) is 0. The molecule has 2 heterocycles. The second kappa shape index (κ2) is 5.84. The van der Waals surface area contributed by atoms with Crippen molar-refractivity contribution in [3.8, 4) is 0 Å². The highest BCUT2D eigenvalue weighted by Gasteiger charge is 2.53. The number of carbonyl (C=O) groups excluding carboxylic acids is 2. The molecule has 0 aliphatic carbocycles. The van der Waals surface area contributed by atoms with Crippen LogP contribution in [0.5, 0.6) is 0 Å². The summed E-state index contributed by atoms with van der Waals surface area (Å²) in [7, 11) is -1.30. The molecule has 0 aromatic carbocycles. The van der Waals surface area contributed by atoms with E-state index in [2.05, 4.69) is 0 Å². The highest BCUT2D eigenvalue weighted by Crippen LogP contribution is 2.56. The Labute approximate surface area is 117 Å². The molecule has 20 heavy (non-hydrogen) atoms. The number of hydrogen-bond acceptors (Lipinski definition) is 7. The maximum absolute atomic E-state index is 12.4. The fraction of sp³-hybridized carbons (Fsp3) is 0.833. The first-order valence-electron chi connectivity index (χ1n) is 6.48. The summed E-state index contributed by atoms with van der Waals surface area (Å²) in [6.45, 7) is 2.53. The summed E-state index contributed by atoms with van der Waals surface area (Å²) >= 11 is 0. The summed E-state index contributed by atoms with van der Waals surface area (Å²) in [5.41, 5.74) is 0. The molecular formula is C12H19O7P. The third-order valence-corrected chi connectivity index (χ3v) is 6.22. The van der Waals surface area contributed by atoms with Crippen LogP contribution in [-0.2, 0) is 32.9 Å². The van der Waals surface area contributed by atoms with Gasteiger partial charge in [-0.1, -0.05) is 0 Å². The van der Waals surface area contributed by atoms with Gasteiger partial charge in [0.2, 0.25) is 13.7 Å². The van der Waals surface area contributed by atoms with Crippen molar-refractivity contribution in [3.63, 3.8) is 0 Å². The molecule has 2 fully saturated rings. The predicted molar refractivity (Wildman–Crippen MR) is 68.4 cm³/mol. The van der Waals surface area contributed by atoms with Crippen molar-refractivity contribution >= 4 is 19.3 Å². The highest BCUT2D eigenvalue weighted by atomic mass is 31.2. The van der Waals surface area contributed by atoms with E-state index in [9.17, 15) is 14.2 Å². The molecule has 2 aliphatic rings. The summed E-state index contributed by atoms with van der Waals surface area (Å²) in [4.78, 5) is 22.3. The molecule has 0 spiro atoms. The van der Waals surface area contributed by atoms with Crippen LogP contribution in [-0.4, -0.2) is 49.9 Å². The first kappa shape index (κ1) is 15.5. The van der Waals surface area contributed by atoms with Gasteiger partial charge in [-0.15, -0.1) is 0 Å². The molecule has 8 heteroatoms. The van der Waals surface area contributed by atoms with E-state index in [0.29, 0.717) is 12.6 Å². The molecule has 0 bridgehead atoms. The molecule has 2 unspecified atom stereocenters. The molecule has 7 nitrogen and oxygen atoms in total. The van der Waals surface area contributed by atoms with Gasteiger partial charge in [0.1, 0.15) is 0 Å². The van der Waals surface area contributed by atoms with Crippen LogP contribution in [0.25, 0.3) is 0 Å². The smallest absolute Gasteiger partial charge is 0.305 e. The maximum atomic E-state index is 12.4. The van der Waals surface area contributed by atoms with Crippen LogP contribution in [0.1, 0.15) is 20.3 Å². The Kier molecular flexibility index (Phi) is 4.52. The van der Waals surface area contributed by atoms with Gasteiger partial charge < -0.3 is 18.7 Å². The van der Waals surface area contributed by atoms with Gasteiger partial charge >= 0.3 is 11.9 Å². The van der Waals surface area contributed by atoms with Gasteiger partial charge in [-0.25, -0.2) is 0 Å². The average molecular weight is 306 g/mol. The molecule has 2 saturated heterocycles. The Bertz CT molecular complexity index is 449. The fourth-order valence-electron chi connectivity index (χ4n) is 2.76. The Morgan fingerprint density at radius 1 is 1.20 bits per heavy atom. The fourth-order valence-corrected chi connectivity index (χ4v) is 5.01. The van der Waals surface area contributed by atoms with Gasteiger partial charge in [-0.2, -0.15) is 0 Å². The van der Waals surface area contributed by atoms with Gasteiger partial charge in [-0.3, -0.25) is 14.2 Å². The molecule has 0 saturated carbocycles. The lowest BCUT2D eigenvalue weighted by Gasteiger charge is -2.31.